The summed E-state index contributed by atoms with van der Waals surface area (Å²) in [6.07, 6.45) is 1.88. The molecule has 4 heteroatoms. The molecule has 0 spiro atoms. The number of hydrogen-bond donors (Lipinski definition) is 0. The lowest BCUT2D eigenvalue weighted by Gasteiger charge is -2.05. The summed E-state index contributed by atoms with van der Waals surface area (Å²) >= 11 is 5.55. The Morgan fingerprint density at radius 2 is 1.94 bits per heavy atom. The van der Waals surface area contributed by atoms with Crippen molar-refractivity contribution in [2.24, 2.45) is 0 Å². The number of hydrogen-bond acceptors (Lipinski definition) is 3. The first kappa shape index (κ1) is 12.8. The molecule has 0 aliphatic carbocycles. The zero-order chi connectivity index (χ0) is 11.8. The molecule has 3 nitrogen and oxygen atoms in total. The number of alkyl halides is 1. The van der Waals surface area contributed by atoms with Gasteiger partial charge in [-0.15, -0.1) is 11.6 Å². The molecule has 0 fully saturated rings. The molecule has 0 heterocycles. The summed E-state index contributed by atoms with van der Waals surface area (Å²) in [6, 6.07) is 6.88. The fourth-order valence-corrected chi connectivity index (χ4v) is 1.38. The maximum atomic E-state index is 11.1. The van der Waals surface area contributed by atoms with Crippen LogP contribution in [0.1, 0.15) is 23.2 Å². The summed E-state index contributed by atoms with van der Waals surface area (Å²) < 4.78 is 10.1. The van der Waals surface area contributed by atoms with Crippen LogP contribution in [0.5, 0.6) is 5.75 Å². The van der Waals surface area contributed by atoms with E-state index in [0.29, 0.717) is 18.1 Å². The van der Waals surface area contributed by atoms with Gasteiger partial charge in [0.15, 0.2) is 0 Å². The highest BCUT2D eigenvalue weighted by Crippen LogP contribution is 2.13. The Morgan fingerprint density at radius 3 is 2.50 bits per heavy atom. The summed E-state index contributed by atoms with van der Waals surface area (Å²) in [7, 11) is 1.36. The molecule has 16 heavy (non-hydrogen) atoms. The van der Waals surface area contributed by atoms with Crippen LogP contribution in [0, 0.1) is 0 Å². The van der Waals surface area contributed by atoms with Crippen LogP contribution in [0.15, 0.2) is 24.3 Å². The highest BCUT2D eigenvalue weighted by atomic mass is 35.5. The van der Waals surface area contributed by atoms with E-state index in [4.69, 9.17) is 16.3 Å². The summed E-state index contributed by atoms with van der Waals surface area (Å²) in [5.74, 6) is 1.07. The van der Waals surface area contributed by atoms with Crippen LogP contribution < -0.4 is 4.74 Å². The van der Waals surface area contributed by atoms with E-state index in [2.05, 4.69) is 4.74 Å². The van der Waals surface area contributed by atoms with Gasteiger partial charge < -0.3 is 9.47 Å². The van der Waals surface area contributed by atoms with Gasteiger partial charge >= 0.3 is 5.97 Å². The Labute approximate surface area is 100 Å². The second kappa shape index (κ2) is 7.12. The first-order chi connectivity index (χ1) is 7.77. The Balaban J connectivity index is 2.42. The SMILES string of the molecule is COC(=O)c1ccc(OCCCCCl)cc1. The van der Waals surface area contributed by atoms with E-state index >= 15 is 0 Å². The molecule has 88 valence electrons. The maximum absolute atomic E-state index is 11.1. The number of esters is 1. The second-order valence-corrected chi connectivity index (χ2v) is 3.64. The van der Waals surface area contributed by atoms with Gasteiger partial charge in [-0.1, -0.05) is 0 Å². The zero-order valence-electron chi connectivity index (χ0n) is 9.24. The Morgan fingerprint density at radius 1 is 1.25 bits per heavy atom. The number of halogens is 1. The molecular weight excluding hydrogens is 228 g/mol. The van der Waals surface area contributed by atoms with E-state index in [1.54, 1.807) is 24.3 Å². The predicted octanol–water partition coefficient (Wildman–Crippen LogP) is 2.87. The van der Waals surface area contributed by atoms with Crippen LogP contribution >= 0.6 is 11.6 Å². The molecule has 0 saturated heterocycles. The first-order valence-corrected chi connectivity index (χ1v) is 5.68. The number of benzene rings is 1. The lowest BCUT2D eigenvalue weighted by molar-refractivity contribution is 0.0600. The Kier molecular flexibility index (Phi) is 5.72. The average Bonchev–Trinajstić information content (AvgIpc) is 2.34. The lowest BCUT2D eigenvalue weighted by atomic mass is 10.2. The van der Waals surface area contributed by atoms with Gasteiger partial charge in [0.25, 0.3) is 0 Å². The first-order valence-electron chi connectivity index (χ1n) is 5.15. The van der Waals surface area contributed by atoms with Crippen molar-refractivity contribution in [2.45, 2.75) is 12.8 Å². The molecule has 1 rings (SSSR count). The summed E-state index contributed by atoms with van der Waals surface area (Å²) in [5.41, 5.74) is 0.524. The van der Waals surface area contributed by atoms with Gasteiger partial charge in [-0.3, -0.25) is 0 Å². The van der Waals surface area contributed by atoms with Gasteiger partial charge in [0.2, 0.25) is 0 Å². The molecule has 0 bridgehead atoms. The van der Waals surface area contributed by atoms with Gasteiger partial charge in [-0.2, -0.15) is 0 Å². The van der Waals surface area contributed by atoms with Crippen molar-refractivity contribution < 1.29 is 14.3 Å². The van der Waals surface area contributed by atoms with Crippen LogP contribution in [0.3, 0.4) is 0 Å². The minimum Gasteiger partial charge on any atom is -0.494 e. The van der Waals surface area contributed by atoms with Crippen molar-refractivity contribution in [3.8, 4) is 5.75 Å². The van der Waals surface area contributed by atoms with E-state index in [1.807, 2.05) is 0 Å². The molecule has 0 radical (unpaired) electrons. The molecule has 0 unspecified atom stereocenters. The van der Waals surface area contributed by atoms with Crippen molar-refractivity contribution in [1.82, 2.24) is 0 Å². The maximum Gasteiger partial charge on any atom is 0.337 e. The van der Waals surface area contributed by atoms with Gasteiger partial charge in [-0.25, -0.2) is 4.79 Å². The van der Waals surface area contributed by atoms with Gasteiger partial charge in [-0.05, 0) is 37.1 Å². The molecule has 1 aromatic rings. The third-order valence-corrected chi connectivity index (χ3v) is 2.34. The predicted molar refractivity (Wildman–Crippen MR) is 63.2 cm³/mol. The monoisotopic (exact) mass is 242 g/mol. The molecule has 1 aromatic carbocycles. The van der Waals surface area contributed by atoms with Crippen molar-refractivity contribution in [3.63, 3.8) is 0 Å². The molecule has 0 aliphatic rings. The molecule has 0 saturated carbocycles. The fraction of sp³-hybridized carbons (Fsp3) is 0.417. The zero-order valence-corrected chi connectivity index (χ0v) is 10.00. The largest absolute Gasteiger partial charge is 0.494 e. The van der Waals surface area contributed by atoms with Crippen LogP contribution in [-0.2, 0) is 4.74 Å². The van der Waals surface area contributed by atoms with Crippen molar-refractivity contribution in [1.29, 1.82) is 0 Å². The van der Waals surface area contributed by atoms with Crippen molar-refractivity contribution in [2.75, 3.05) is 19.6 Å². The third kappa shape index (κ3) is 4.11. The van der Waals surface area contributed by atoms with Gasteiger partial charge in [0, 0.05) is 5.88 Å². The molecule has 0 amide bonds. The van der Waals surface area contributed by atoms with Crippen molar-refractivity contribution in [3.05, 3.63) is 29.8 Å². The molecule has 0 N–H and O–H groups in total. The minimum absolute atomic E-state index is 0.339. The number of methoxy groups -OCH3 is 1. The quantitative estimate of drug-likeness (QED) is 0.437. The molecule has 0 aliphatic heterocycles. The van der Waals surface area contributed by atoms with Crippen LogP contribution in [0.4, 0.5) is 0 Å². The van der Waals surface area contributed by atoms with E-state index in [9.17, 15) is 4.79 Å². The number of rotatable bonds is 6. The number of unbranched alkanes of at least 4 members (excludes halogenated alkanes) is 1. The van der Waals surface area contributed by atoms with E-state index in [-0.39, 0.29) is 5.97 Å². The topological polar surface area (TPSA) is 35.5 Å². The smallest absolute Gasteiger partial charge is 0.337 e. The number of carbonyl (C=O) groups is 1. The highest BCUT2D eigenvalue weighted by Gasteiger charge is 2.04. The summed E-state index contributed by atoms with van der Waals surface area (Å²) in [4.78, 5) is 11.1. The van der Waals surface area contributed by atoms with E-state index in [1.165, 1.54) is 7.11 Å². The minimum atomic E-state index is -0.339. The van der Waals surface area contributed by atoms with Crippen LogP contribution in [0.25, 0.3) is 0 Å². The number of ether oxygens (including phenoxy) is 2. The molecular formula is C12H15ClO3. The molecule has 0 atom stereocenters. The Hall–Kier alpha value is -1.22. The van der Waals surface area contributed by atoms with Crippen LogP contribution in [0.2, 0.25) is 0 Å². The normalized spacial score (nSPS) is 9.88. The number of carbonyl (C=O) groups excluding carboxylic acids is 1. The average molecular weight is 243 g/mol. The summed E-state index contributed by atoms with van der Waals surface area (Å²) in [6.45, 7) is 0.643. The van der Waals surface area contributed by atoms with Crippen molar-refractivity contribution >= 4 is 17.6 Å². The third-order valence-electron chi connectivity index (χ3n) is 2.07. The van der Waals surface area contributed by atoms with Crippen LogP contribution in [-0.4, -0.2) is 25.6 Å². The molecule has 0 aromatic heterocycles. The Bertz CT molecular complexity index is 322. The standard InChI is InChI=1S/C12H15ClO3/c1-15-12(14)10-4-6-11(7-5-10)16-9-3-2-8-13/h4-7H,2-3,8-9H2,1H3. The fourth-order valence-electron chi connectivity index (χ4n) is 1.19. The summed E-state index contributed by atoms with van der Waals surface area (Å²) in [5, 5.41) is 0. The lowest BCUT2D eigenvalue weighted by Crippen LogP contribution is -2.01. The van der Waals surface area contributed by atoms with E-state index < -0.39 is 0 Å². The highest BCUT2D eigenvalue weighted by molar-refractivity contribution is 6.17. The second-order valence-electron chi connectivity index (χ2n) is 3.26. The van der Waals surface area contributed by atoms with Gasteiger partial charge in [0.1, 0.15) is 5.75 Å². The van der Waals surface area contributed by atoms with E-state index in [0.717, 1.165) is 18.6 Å². The van der Waals surface area contributed by atoms with Gasteiger partial charge in [0.05, 0.1) is 19.3 Å².